The molecule has 0 aromatic heterocycles. The number of quaternary nitrogens is 1. The molecule has 2 aromatic rings. The lowest BCUT2D eigenvalue weighted by Gasteiger charge is -2.16. The van der Waals surface area contributed by atoms with E-state index in [1.54, 1.807) is 5.32 Å². The van der Waals surface area contributed by atoms with Crippen molar-refractivity contribution in [2.45, 2.75) is 6.54 Å². The van der Waals surface area contributed by atoms with E-state index in [-0.39, 0.29) is 17.1 Å². The van der Waals surface area contributed by atoms with Gasteiger partial charge in [-0.15, -0.1) is 0 Å². The smallest absolute Gasteiger partial charge is 0.279 e. The summed E-state index contributed by atoms with van der Waals surface area (Å²) in [5.74, 6) is -12.6. The van der Waals surface area contributed by atoms with Crippen molar-refractivity contribution in [3.8, 4) is 0 Å². The Morgan fingerprint density at radius 3 is 2.08 bits per heavy atom. The molecule has 0 fully saturated rings. The van der Waals surface area contributed by atoms with Gasteiger partial charge in [-0.25, -0.2) is 26.3 Å². The monoisotopic (exact) mass is 397 g/mol. The summed E-state index contributed by atoms with van der Waals surface area (Å²) in [6.45, 7) is -0.486. The zero-order valence-electron chi connectivity index (χ0n) is 13.2. The van der Waals surface area contributed by atoms with Crippen molar-refractivity contribution in [1.82, 2.24) is 0 Å². The molecule has 1 amide bonds. The van der Waals surface area contributed by atoms with Crippen molar-refractivity contribution < 1.29 is 36.0 Å². The number of anilines is 1. The van der Waals surface area contributed by atoms with Crippen molar-refractivity contribution in [3.05, 3.63) is 63.7 Å². The number of carbonyl (C=O) groups excluding carboxylic acids is 1. The summed E-state index contributed by atoms with van der Waals surface area (Å²) in [6.07, 6.45) is 0. The maximum atomic E-state index is 13.7. The molecule has 0 radical (unpaired) electrons. The zero-order chi connectivity index (χ0) is 19.6. The number of nitrogens with one attached hydrogen (secondary N) is 2. The van der Waals surface area contributed by atoms with Gasteiger partial charge in [-0.05, 0) is 12.1 Å². The molecule has 0 saturated heterocycles. The average Bonchev–Trinajstić information content (AvgIpc) is 2.58. The summed E-state index contributed by atoms with van der Waals surface area (Å²) in [6, 6.07) is 4.01. The van der Waals surface area contributed by atoms with Crippen LogP contribution in [0.3, 0.4) is 0 Å². The second-order valence-corrected chi connectivity index (χ2v) is 5.91. The Morgan fingerprint density at radius 2 is 1.54 bits per heavy atom. The number of carbonyl (C=O) groups is 1. The highest BCUT2D eigenvalue weighted by atomic mass is 35.5. The SMILES string of the molecule is C[NH+](CC(=O)Nc1c(F)c(F)c(F)c(F)c1F)Cc1c(F)cccc1Cl. The fourth-order valence-corrected chi connectivity index (χ4v) is 2.47. The Balaban J connectivity index is 2.12. The predicted octanol–water partition coefficient (Wildman–Crippen LogP) is 2.83. The molecule has 0 aliphatic heterocycles. The maximum absolute atomic E-state index is 13.7. The fraction of sp³-hybridized carbons (Fsp3) is 0.188. The molecular formula is C16H12ClF6N2O+. The summed E-state index contributed by atoms with van der Waals surface area (Å²) < 4.78 is 80.0. The van der Waals surface area contributed by atoms with Crippen molar-refractivity contribution in [1.29, 1.82) is 0 Å². The van der Waals surface area contributed by atoms with Gasteiger partial charge < -0.3 is 10.2 Å². The summed E-state index contributed by atoms with van der Waals surface area (Å²) >= 11 is 5.86. The van der Waals surface area contributed by atoms with Crippen LogP contribution in [0.2, 0.25) is 5.02 Å². The number of hydrogen-bond acceptors (Lipinski definition) is 1. The Bertz CT molecular complexity index is 812. The molecule has 0 aliphatic carbocycles. The van der Waals surface area contributed by atoms with Gasteiger partial charge in [-0.2, -0.15) is 0 Å². The number of benzene rings is 2. The van der Waals surface area contributed by atoms with Gasteiger partial charge in [-0.1, -0.05) is 17.7 Å². The lowest BCUT2D eigenvalue weighted by Crippen LogP contribution is -3.08. The van der Waals surface area contributed by atoms with Crippen LogP contribution in [0.4, 0.5) is 32.0 Å². The van der Waals surface area contributed by atoms with Crippen LogP contribution < -0.4 is 10.2 Å². The molecule has 0 heterocycles. The van der Waals surface area contributed by atoms with E-state index >= 15 is 0 Å². The molecule has 2 rings (SSSR count). The summed E-state index contributed by atoms with van der Waals surface area (Å²) in [7, 11) is 1.46. The molecule has 0 bridgehead atoms. The molecule has 0 saturated carbocycles. The topological polar surface area (TPSA) is 33.5 Å². The first-order valence-corrected chi connectivity index (χ1v) is 7.56. The Labute approximate surface area is 149 Å². The number of likely N-dealkylation sites (N-methyl/N-ethyl adjacent to an activating group) is 1. The standard InChI is InChI=1S/C16H11ClF6N2O/c1-25(5-7-8(17)3-2-4-9(7)18)6-10(26)24-16-14(22)12(20)11(19)13(21)15(16)23/h2-4H,5-6H2,1H3,(H,24,26)/p+1. The van der Waals surface area contributed by atoms with Crippen LogP contribution >= 0.6 is 11.6 Å². The van der Waals surface area contributed by atoms with Crippen LogP contribution in [0, 0.1) is 34.9 Å². The van der Waals surface area contributed by atoms with Gasteiger partial charge in [0.05, 0.1) is 17.6 Å². The van der Waals surface area contributed by atoms with Gasteiger partial charge in [0.2, 0.25) is 5.82 Å². The van der Waals surface area contributed by atoms with Gasteiger partial charge in [-0.3, -0.25) is 4.79 Å². The Morgan fingerprint density at radius 1 is 1.00 bits per heavy atom. The molecular weight excluding hydrogens is 386 g/mol. The lowest BCUT2D eigenvalue weighted by atomic mass is 10.2. The van der Waals surface area contributed by atoms with Crippen molar-refractivity contribution in [2.24, 2.45) is 0 Å². The van der Waals surface area contributed by atoms with Crippen LogP contribution in [-0.2, 0) is 11.3 Å². The van der Waals surface area contributed by atoms with Crippen molar-refractivity contribution in [2.75, 3.05) is 18.9 Å². The minimum absolute atomic E-state index is 0.0456. The highest BCUT2D eigenvalue weighted by molar-refractivity contribution is 6.31. The number of rotatable bonds is 5. The lowest BCUT2D eigenvalue weighted by molar-refractivity contribution is -0.885. The van der Waals surface area contributed by atoms with Crippen molar-refractivity contribution in [3.63, 3.8) is 0 Å². The molecule has 10 heteroatoms. The van der Waals surface area contributed by atoms with Crippen LogP contribution in [0.15, 0.2) is 18.2 Å². The molecule has 0 aliphatic rings. The first-order valence-electron chi connectivity index (χ1n) is 7.19. The second-order valence-electron chi connectivity index (χ2n) is 5.50. The van der Waals surface area contributed by atoms with Gasteiger partial charge in [0.25, 0.3) is 5.91 Å². The number of halogens is 7. The van der Waals surface area contributed by atoms with Gasteiger partial charge in [0.15, 0.2) is 29.8 Å². The zero-order valence-corrected chi connectivity index (χ0v) is 14.0. The van der Waals surface area contributed by atoms with Crippen LogP contribution in [0.5, 0.6) is 0 Å². The molecule has 3 nitrogen and oxygen atoms in total. The molecule has 1 unspecified atom stereocenters. The third-order valence-corrected chi connectivity index (χ3v) is 3.83. The highest BCUT2D eigenvalue weighted by Gasteiger charge is 2.27. The number of amides is 1. The first-order chi connectivity index (χ1) is 12.1. The van der Waals surface area contributed by atoms with Gasteiger partial charge >= 0.3 is 0 Å². The molecule has 0 spiro atoms. The summed E-state index contributed by atoms with van der Waals surface area (Å²) in [5, 5.41) is 1.78. The fourth-order valence-electron chi connectivity index (χ4n) is 2.24. The van der Waals surface area contributed by atoms with Gasteiger partial charge in [0, 0.05) is 0 Å². The van der Waals surface area contributed by atoms with E-state index in [0.29, 0.717) is 4.90 Å². The minimum atomic E-state index is -2.32. The van der Waals surface area contributed by atoms with Crippen LogP contribution in [0.1, 0.15) is 5.56 Å². The van der Waals surface area contributed by atoms with E-state index in [2.05, 4.69) is 0 Å². The third kappa shape index (κ3) is 4.10. The normalized spacial score (nSPS) is 12.2. The quantitative estimate of drug-likeness (QED) is 0.454. The van der Waals surface area contributed by atoms with Gasteiger partial charge in [0.1, 0.15) is 18.0 Å². The largest absolute Gasteiger partial charge is 0.326 e. The molecule has 26 heavy (non-hydrogen) atoms. The first kappa shape index (κ1) is 20.1. The van der Waals surface area contributed by atoms with E-state index in [4.69, 9.17) is 11.6 Å². The van der Waals surface area contributed by atoms with E-state index in [1.165, 1.54) is 25.2 Å². The number of hydrogen-bond donors (Lipinski definition) is 2. The third-order valence-electron chi connectivity index (χ3n) is 3.48. The Hall–Kier alpha value is -2.26. The minimum Gasteiger partial charge on any atom is -0.326 e. The molecule has 2 aromatic carbocycles. The van der Waals surface area contributed by atoms with Crippen molar-refractivity contribution >= 4 is 23.2 Å². The Kier molecular flexibility index (Phi) is 6.14. The van der Waals surface area contributed by atoms with E-state index in [0.717, 1.165) is 0 Å². The van der Waals surface area contributed by atoms with Crippen LogP contribution in [0.25, 0.3) is 0 Å². The van der Waals surface area contributed by atoms with E-state index in [9.17, 15) is 31.1 Å². The average molecular weight is 398 g/mol. The molecule has 2 N–H and O–H groups in total. The second kappa shape index (κ2) is 7.96. The van der Waals surface area contributed by atoms with E-state index < -0.39 is 53.0 Å². The maximum Gasteiger partial charge on any atom is 0.279 e. The van der Waals surface area contributed by atoms with E-state index in [1.807, 2.05) is 0 Å². The molecule has 140 valence electrons. The summed E-state index contributed by atoms with van der Waals surface area (Å²) in [4.78, 5) is 12.2. The summed E-state index contributed by atoms with van der Waals surface area (Å²) in [5.41, 5.74) is -1.32. The predicted molar refractivity (Wildman–Crippen MR) is 81.7 cm³/mol. The molecule has 1 atom stereocenters. The van der Waals surface area contributed by atoms with Crippen LogP contribution in [-0.4, -0.2) is 19.5 Å². The highest BCUT2D eigenvalue weighted by Crippen LogP contribution is 2.26.